The van der Waals surface area contributed by atoms with Crippen LogP contribution >= 0.6 is 23.3 Å². The number of nitrogens with one attached hydrogen (secondary N) is 1. The molecule has 0 radical (unpaired) electrons. The Morgan fingerprint density at radius 1 is 1.19 bits per heavy atom. The van der Waals surface area contributed by atoms with Gasteiger partial charge in [-0.1, -0.05) is 47.7 Å². The van der Waals surface area contributed by atoms with Gasteiger partial charge >= 0.3 is 0 Å². The summed E-state index contributed by atoms with van der Waals surface area (Å²) in [6, 6.07) is 12.4. The van der Waals surface area contributed by atoms with E-state index in [4.69, 9.17) is 4.98 Å². The summed E-state index contributed by atoms with van der Waals surface area (Å²) >= 11 is 2.30. The number of hydrogen-bond acceptors (Lipinski definition) is 6. The number of carbonyl (C=O) groups is 1. The number of fused-ring (bicyclic) bond motifs is 1. The monoisotopic (exact) mass is 468 g/mol. The minimum Gasteiger partial charge on any atom is -0.325 e. The van der Waals surface area contributed by atoms with Crippen LogP contribution in [0.15, 0.2) is 52.4 Å². The molecule has 0 spiro atoms. The van der Waals surface area contributed by atoms with Crippen LogP contribution in [0.1, 0.15) is 18.1 Å². The molecule has 0 saturated heterocycles. The van der Waals surface area contributed by atoms with Crippen LogP contribution in [-0.2, 0) is 11.3 Å². The summed E-state index contributed by atoms with van der Waals surface area (Å²) < 4.78 is 20.2. The molecule has 0 atom stereocenters. The highest BCUT2D eigenvalue weighted by Crippen LogP contribution is 2.29. The summed E-state index contributed by atoms with van der Waals surface area (Å²) in [4.78, 5) is 30.1. The third-order valence-electron chi connectivity index (χ3n) is 4.97. The van der Waals surface area contributed by atoms with Crippen molar-refractivity contribution in [2.45, 2.75) is 32.5 Å². The number of nitrogens with zero attached hydrogens (tertiary/aromatic N) is 3. The van der Waals surface area contributed by atoms with E-state index in [0.717, 1.165) is 22.7 Å². The van der Waals surface area contributed by atoms with Crippen molar-refractivity contribution in [3.05, 3.63) is 69.8 Å². The lowest BCUT2D eigenvalue weighted by atomic mass is 10.1. The van der Waals surface area contributed by atoms with Gasteiger partial charge in [0.25, 0.3) is 5.56 Å². The number of anilines is 1. The van der Waals surface area contributed by atoms with Gasteiger partial charge in [-0.15, -0.1) is 0 Å². The molecule has 1 amide bonds. The minimum absolute atomic E-state index is 0.0326. The van der Waals surface area contributed by atoms with Crippen LogP contribution < -0.4 is 10.9 Å². The summed E-state index contributed by atoms with van der Waals surface area (Å²) in [6.07, 6.45) is 0. The van der Waals surface area contributed by atoms with Crippen LogP contribution in [0, 0.1) is 19.7 Å². The van der Waals surface area contributed by atoms with E-state index in [-0.39, 0.29) is 23.0 Å². The molecular formula is C23H21FN4O2S2. The van der Waals surface area contributed by atoms with Crippen LogP contribution in [0.5, 0.6) is 0 Å². The van der Waals surface area contributed by atoms with Crippen molar-refractivity contribution < 1.29 is 9.18 Å². The minimum atomic E-state index is -0.379. The van der Waals surface area contributed by atoms with Gasteiger partial charge in [0.1, 0.15) is 21.7 Å². The van der Waals surface area contributed by atoms with E-state index in [1.807, 2.05) is 38.1 Å². The Morgan fingerprint density at radius 3 is 2.62 bits per heavy atom. The average molecular weight is 469 g/mol. The van der Waals surface area contributed by atoms with Gasteiger partial charge in [-0.25, -0.2) is 9.37 Å². The zero-order valence-corrected chi connectivity index (χ0v) is 19.4. The lowest BCUT2D eigenvalue weighted by Gasteiger charge is -2.10. The number of aromatic nitrogens is 3. The summed E-state index contributed by atoms with van der Waals surface area (Å²) in [5.41, 5.74) is 3.94. The predicted octanol–water partition coefficient (Wildman–Crippen LogP) is 5.03. The molecule has 1 N–H and O–H groups in total. The molecule has 2 aromatic heterocycles. The lowest BCUT2D eigenvalue weighted by Crippen LogP contribution is -2.23. The molecule has 0 aliphatic carbocycles. The molecule has 4 rings (SSSR count). The van der Waals surface area contributed by atoms with Gasteiger partial charge in [-0.2, -0.15) is 4.37 Å². The van der Waals surface area contributed by atoms with Crippen LogP contribution in [0.3, 0.4) is 0 Å². The number of amides is 1. The van der Waals surface area contributed by atoms with Gasteiger partial charge in [0.2, 0.25) is 5.91 Å². The second-order valence-corrected chi connectivity index (χ2v) is 9.04. The first-order chi connectivity index (χ1) is 15.4. The van der Waals surface area contributed by atoms with Crippen LogP contribution in [-0.4, -0.2) is 25.6 Å². The molecule has 164 valence electrons. The Balaban J connectivity index is 1.61. The Hall–Kier alpha value is -3.04. The molecule has 0 aliphatic rings. The van der Waals surface area contributed by atoms with Gasteiger partial charge in [0.05, 0.1) is 5.75 Å². The molecule has 0 aliphatic heterocycles. The third kappa shape index (κ3) is 4.44. The van der Waals surface area contributed by atoms with E-state index in [1.165, 1.54) is 17.8 Å². The zero-order valence-electron chi connectivity index (χ0n) is 17.8. The van der Waals surface area contributed by atoms with Crippen molar-refractivity contribution in [1.29, 1.82) is 0 Å². The van der Waals surface area contributed by atoms with E-state index >= 15 is 0 Å². The van der Waals surface area contributed by atoms with Gasteiger partial charge in [-0.3, -0.25) is 14.2 Å². The number of carbonyl (C=O) groups excluding carboxylic acids is 1. The normalized spacial score (nSPS) is 11.1. The topological polar surface area (TPSA) is 76.9 Å². The number of halogens is 1. The Labute approximate surface area is 192 Å². The maximum absolute atomic E-state index is 13.7. The molecule has 0 unspecified atom stereocenters. The van der Waals surface area contributed by atoms with Gasteiger partial charge in [-0.05, 0) is 50.0 Å². The van der Waals surface area contributed by atoms with Crippen molar-refractivity contribution in [1.82, 2.24) is 13.9 Å². The Morgan fingerprint density at radius 2 is 1.94 bits per heavy atom. The summed E-state index contributed by atoms with van der Waals surface area (Å²) in [5, 5.41) is 3.13. The lowest BCUT2D eigenvalue weighted by molar-refractivity contribution is -0.113. The number of aryl methyl sites for hydroxylation is 2. The highest BCUT2D eigenvalue weighted by atomic mass is 32.2. The first-order valence-corrected chi connectivity index (χ1v) is 11.8. The predicted molar refractivity (Wildman–Crippen MR) is 128 cm³/mol. The number of hydrogen-bond donors (Lipinski definition) is 1. The van der Waals surface area contributed by atoms with Crippen molar-refractivity contribution in [3.63, 3.8) is 0 Å². The molecule has 32 heavy (non-hydrogen) atoms. The number of benzene rings is 2. The highest BCUT2D eigenvalue weighted by Gasteiger charge is 2.18. The average Bonchev–Trinajstić information content (AvgIpc) is 3.20. The smallest absolute Gasteiger partial charge is 0.273 e. The molecule has 6 nitrogen and oxygen atoms in total. The SMILES string of the molecule is CCn1c(SCC(=O)Nc2ccc(C)c(F)c2)nc2c(-c3ccc(C)cc3)nsc2c1=O. The fraction of sp³-hybridized carbons (Fsp3) is 0.217. The van der Waals surface area contributed by atoms with Crippen molar-refractivity contribution in [2.24, 2.45) is 0 Å². The van der Waals surface area contributed by atoms with Gasteiger partial charge < -0.3 is 5.32 Å². The van der Waals surface area contributed by atoms with Gasteiger partial charge in [0, 0.05) is 17.8 Å². The largest absolute Gasteiger partial charge is 0.325 e. The molecule has 9 heteroatoms. The van der Waals surface area contributed by atoms with Crippen molar-refractivity contribution >= 4 is 45.1 Å². The Bertz CT molecular complexity index is 1360. The first kappa shape index (κ1) is 22.2. The number of rotatable bonds is 6. The fourth-order valence-electron chi connectivity index (χ4n) is 3.18. The molecule has 2 heterocycles. The van der Waals surface area contributed by atoms with Crippen molar-refractivity contribution in [3.8, 4) is 11.3 Å². The molecule has 2 aromatic carbocycles. The highest BCUT2D eigenvalue weighted by molar-refractivity contribution is 7.99. The van der Waals surface area contributed by atoms with E-state index in [0.29, 0.717) is 38.9 Å². The molecule has 0 fully saturated rings. The molecular weight excluding hydrogens is 447 g/mol. The summed E-state index contributed by atoms with van der Waals surface area (Å²) in [7, 11) is 0. The number of thioether (sulfide) groups is 1. The quantitative estimate of drug-likeness (QED) is 0.317. The van der Waals surface area contributed by atoms with Crippen molar-refractivity contribution in [2.75, 3.05) is 11.1 Å². The standard InChI is InChI=1S/C23H21FN4O2S2/c1-4-28-22(30)21-20(19(27-32-21)15-8-5-13(2)6-9-15)26-23(28)31-12-18(29)25-16-10-7-14(3)17(24)11-16/h5-11H,4,12H2,1-3H3,(H,25,29). The van der Waals surface area contributed by atoms with Gasteiger partial charge in [0.15, 0.2) is 5.16 Å². The molecule has 4 aromatic rings. The van der Waals surface area contributed by atoms with Crippen LogP contribution in [0.25, 0.3) is 21.5 Å². The third-order valence-corrected chi connectivity index (χ3v) is 6.78. The van der Waals surface area contributed by atoms with E-state index < -0.39 is 0 Å². The van der Waals surface area contributed by atoms with E-state index in [9.17, 15) is 14.0 Å². The molecule has 0 bridgehead atoms. The second-order valence-electron chi connectivity index (χ2n) is 7.32. The van der Waals surface area contributed by atoms with E-state index in [2.05, 4.69) is 9.69 Å². The summed E-state index contributed by atoms with van der Waals surface area (Å²) in [6.45, 7) is 5.95. The first-order valence-electron chi connectivity index (χ1n) is 10.0. The van der Waals surface area contributed by atoms with E-state index in [1.54, 1.807) is 23.6 Å². The Kier molecular flexibility index (Phi) is 6.38. The summed E-state index contributed by atoms with van der Waals surface area (Å²) in [5.74, 6) is -0.654. The van der Waals surface area contributed by atoms with Crippen LogP contribution in [0.4, 0.5) is 10.1 Å². The fourth-order valence-corrected chi connectivity index (χ4v) is 4.83. The maximum atomic E-state index is 13.7. The second kappa shape index (κ2) is 9.22. The molecule has 0 saturated carbocycles. The zero-order chi connectivity index (χ0) is 22.8. The maximum Gasteiger partial charge on any atom is 0.273 e. The van der Waals surface area contributed by atoms with Crippen LogP contribution in [0.2, 0.25) is 0 Å².